The van der Waals surface area contributed by atoms with E-state index in [1.54, 1.807) is 13.8 Å². The maximum absolute atomic E-state index is 12.1. The molecule has 1 heterocycles. The number of piperidine rings is 1. The number of esters is 2. The summed E-state index contributed by atoms with van der Waals surface area (Å²) in [6.45, 7) is 7.13. The van der Waals surface area contributed by atoms with Crippen LogP contribution in [0.5, 0.6) is 0 Å². The lowest BCUT2D eigenvalue weighted by Gasteiger charge is -2.33. The Morgan fingerprint density at radius 2 is 1.77 bits per heavy atom. The van der Waals surface area contributed by atoms with Crippen LogP contribution < -0.4 is 0 Å². The van der Waals surface area contributed by atoms with Crippen molar-refractivity contribution >= 4 is 11.9 Å². The molecule has 0 radical (unpaired) electrons. The summed E-state index contributed by atoms with van der Waals surface area (Å²) >= 11 is 0. The van der Waals surface area contributed by atoms with Crippen LogP contribution in [-0.4, -0.2) is 43.1 Å². The molecular weight excluding hydrogens is 330 g/mol. The van der Waals surface area contributed by atoms with Crippen molar-refractivity contribution in [1.82, 2.24) is 4.90 Å². The largest absolute Gasteiger partial charge is 0.465 e. The third-order valence-electron chi connectivity index (χ3n) is 4.86. The predicted octanol–water partition coefficient (Wildman–Crippen LogP) is 3.42. The monoisotopic (exact) mass is 361 g/mol. The van der Waals surface area contributed by atoms with Crippen molar-refractivity contribution in [2.45, 2.75) is 46.1 Å². The summed E-state index contributed by atoms with van der Waals surface area (Å²) in [4.78, 5) is 26.7. The number of ether oxygens (including phenoxy) is 2. The van der Waals surface area contributed by atoms with Crippen molar-refractivity contribution in [3.63, 3.8) is 0 Å². The summed E-state index contributed by atoms with van der Waals surface area (Å²) < 4.78 is 10.1. The average Bonchev–Trinajstić information content (AvgIpc) is 2.63. The molecule has 1 aliphatic rings. The minimum atomic E-state index is -0.792. The number of rotatable bonds is 9. The summed E-state index contributed by atoms with van der Waals surface area (Å²) in [5.41, 5.74) is 1.32. The third-order valence-corrected chi connectivity index (χ3v) is 4.86. The molecule has 0 bridgehead atoms. The van der Waals surface area contributed by atoms with E-state index in [-0.39, 0.29) is 13.2 Å². The van der Waals surface area contributed by atoms with E-state index < -0.39 is 17.9 Å². The Hall–Kier alpha value is -1.88. The van der Waals surface area contributed by atoms with Crippen LogP contribution in [0.4, 0.5) is 0 Å². The van der Waals surface area contributed by atoms with Crippen molar-refractivity contribution in [3.8, 4) is 0 Å². The van der Waals surface area contributed by atoms with Gasteiger partial charge in [-0.05, 0) is 57.6 Å². The predicted molar refractivity (Wildman–Crippen MR) is 100 cm³/mol. The molecule has 1 aromatic rings. The number of carbonyl (C=O) groups excluding carboxylic acids is 2. The van der Waals surface area contributed by atoms with Crippen LogP contribution in [0.2, 0.25) is 0 Å². The van der Waals surface area contributed by atoms with E-state index in [2.05, 4.69) is 29.2 Å². The second-order valence-corrected chi connectivity index (χ2v) is 6.86. The number of benzene rings is 1. The summed E-state index contributed by atoms with van der Waals surface area (Å²) in [5, 5.41) is 0. The highest BCUT2D eigenvalue weighted by Crippen LogP contribution is 2.25. The molecule has 1 fully saturated rings. The highest BCUT2D eigenvalue weighted by Gasteiger charge is 2.31. The molecule has 144 valence electrons. The minimum absolute atomic E-state index is 0.281. The van der Waals surface area contributed by atoms with Crippen LogP contribution in [0, 0.1) is 11.8 Å². The van der Waals surface area contributed by atoms with Crippen LogP contribution in [0.1, 0.15) is 45.1 Å². The zero-order valence-corrected chi connectivity index (χ0v) is 16.0. The molecule has 1 saturated heterocycles. The first-order chi connectivity index (χ1) is 12.6. The quantitative estimate of drug-likeness (QED) is 0.498. The Bertz CT molecular complexity index is 542. The third kappa shape index (κ3) is 6.45. The van der Waals surface area contributed by atoms with E-state index in [1.807, 2.05) is 6.07 Å². The fourth-order valence-electron chi connectivity index (χ4n) is 3.59. The van der Waals surface area contributed by atoms with Crippen molar-refractivity contribution in [1.29, 1.82) is 0 Å². The molecule has 2 rings (SSSR count). The molecule has 1 atom stereocenters. The van der Waals surface area contributed by atoms with Gasteiger partial charge >= 0.3 is 11.9 Å². The maximum atomic E-state index is 12.1. The molecule has 0 aromatic heterocycles. The van der Waals surface area contributed by atoms with Gasteiger partial charge in [0.1, 0.15) is 0 Å². The van der Waals surface area contributed by atoms with Gasteiger partial charge in [0, 0.05) is 13.1 Å². The first kappa shape index (κ1) is 20.4. The van der Waals surface area contributed by atoms with Gasteiger partial charge in [-0.15, -0.1) is 0 Å². The smallest absolute Gasteiger partial charge is 0.320 e. The zero-order chi connectivity index (χ0) is 18.8. The maximum Gasteiger partial charge on any atom is 0.320 e. The highest BCUT2D eigenvalue weighted by atomic mass is 16.6. The van der Waals surface area contributed by atoms with Crippen molar-refractivity contribution in [3.05, 3.63) is 35.9 Å². The average molecular weight is 361 g/mol. The second kappa shape index (κ2) is 11.0. The lowest BCUT2D eigenvalue weighted by molar-refractivity contribution is -0.162. The van der Waals surface area contributed by atoms with Gasteiger partial charge in [-0.3, -0.25) is 14.5 Å². The fraction of sp³-hybridized carbons (Fsp3) is 0.619. The fourth-order valence-corrected chi connectivity index (χ4v) is 3.59. The normalized spacial score (nSPS) is 17.9. The van der Waals surface area contributed by atoms with Gasteiger partial charge in [-0.1, -0.05) is 30.3 Å². The molecule has 5 heteroatoms. The van der Waals surface area contributed by atoms with Gasteiger partial charge in [-0.25, -0.2) is 0 Å². The van der Waals surface area contributed by atoms with Gasteiger partial charge in [0.25, 0.3) is 0 Å². The summed E-state index contributed by atoms with van der Waals surface area (Å²) in [7, 11) is 0. The molecule has 1 aliphatic heterocycles. The Kier molecular flexibility index (Phi) is 8.62. The SMILES string of the molecule is CCOC(=O)C(CC[C@H]1CCCN(Cc2ccccc2)C1)C(=O)OCC. The Labute approximate surface area is 156 Å². The summed E-state index contributed by atoms with van der Waals surface area (Å²) in [6, 6.07) is 10.5. The van der Waals surface area contributed by atoms with Gasteiger partial charge in [0.15, 0.2) is 5.92 Å². The Balaban J connectivity index is 1.87. The van der Waals surface area contributed by atoms with E-state index in [1.165, 1.54) is 5.56 Å². The molecule has 0 N–H and O–H groups in total. The molecular formula is C21H31NO4. The minimum Gasteiger partial charge on any atom is -0.465 e. The van der Waals surface area contributed by atoms with Crippen LogP contribution >= 0.6 is 0 Å². The summed E-state index contributed by atoms with van der Waals surface area (Å²) in [6.07, 6.45) is 3.64. The number of carbonyl (C=O) groups is 2. The van der Waals surface area contributed by atoms with E-state index >= 15 is 0 Å². The zero-order valence-electron chi connectivity index (χ0n) is 16.0. The molecule has 1 aromatic carbocycles. The second-order valence-electron chi connectivity index (χ2n) is 6.86. The van der Waals surface area contributed by atoms with Crippen LogP contribution in [0.25, 0.3) is 0 Å². The molecule has 0 amide bonds. The van der Waals surface area contributed by atoms with Gasteiger partial charge in [0.2, 0.25) is 0 Å². The van der Waals surface area contributed by atoms with Crippen LogP contribution in [0.15, 0.2) is 30.3 Å². The molecule has 0 saturated carbocycles. The van der Waals surface area contributed by atoms with E-state index in [0.717, 1.165) is 38.9 Å². The summed E-state index contributed by atoms with van der Waals surface area (Å²) in [5.74, 6) is -1.20. The topological polar surface area (TPSA) is 55.8 Å². The molecule has 26 heavy (non-hydrogen) atoms. The van der Waals surface area contributed by atoms with Crippen molar-refractivity contribution < 1.29 is 19.1 Å². The highest BCUT2D eigenvalue weighted by molar-refractivity contribution is 5.94. The van der Waals surface area contributed by atoms with Crippen molar-refractivity contribution in [2.75, 3.05) is 26.3 Å². The molecule has 0 unspecified atom stereocenters. The molecule has 0 spiro atoms. The van der Waals surface area contributed by atoms with Crippen LogP contribution in [-0.2, 0) is 25.6 Å². The lowest BCUT2D eigenvalue weighted by Crippen LogP contribution is -2.36. The molecule has 0 aliphatic carbocycles. The van der Waals surface area contributed by atoms with Gasteiger partial charge < -0.3 is 9.47 Å². The number of nitrogens with zero attached hydrogens (tertiary/aromatic N) is 1. The van der Waals surface area contributed by atoms with Gasteiger partial charge in [0.05, 0.1) is 13.2 Å². The molecule has 5 nitrogen and oxygen atoms in total. The Morgan fingerprint density at radius 3 is 2.38 bits per heavy atom. The van der Waals surface area contributed by atoms with Crippen molar-refractivity contribution in [2.24, 2.45) is 11.8 Å². The first-order valence-electron chi connectivity index (χ1n) is 9.73. The van der Waals surface area contributed by atoms with Gasteiger partial charge in [-0.2, -0.15) is 0 Å². The van der Waals surface area contributed by atoms with E-state index in [0.29, 0.717) is 12.3 Å². The number of likely N-dealkylation sites (tertiary alicyclic amines) is 1. The number of hydrogen-bond donors (Lipinski definition) is 0. The van der Waals surface area contributed by atoms with E-state index in [4.69, 9.17) is 9.47 Å². The lowest BCUT2D eigenvalue weighted by atomic mass is 9.89. The first-order valence-corrected chi connectivity index (χ1v) is 9.73. The number of hydrogen-bond acceptors (Lipinski definition) is 5. The standard InChI is InChI=1S/C21H31NO4/c1-3-25-20(23)19(21(24)26-4-2)13-12-18-11-8-14-22(16-18)15-17-9-6-5-7-10-17/h5-7,9-10,18-19H,3-4,8,11-16H2,1-2H3/t18-/m1/s1. The van der Waals surface area contributed by atoms with Crippen LogP contribution in [0.3, 0.4) is 0 Å². The Morgan fingerprint density at radius 1 is 1.12 bits per heavy atom. The van der Waals surface area contributed by atoms with E-state index in [9.17, 15) is 9.59 Å².